The SMILES string of the molecule is C=CCCC(O)(C=C)CCC. The predicted octanol–water partition coefficient (Wildman–Crippen LogP) is 2.67. The van der Waals surface area contributed by atoms with Crippen molar-refractivity contribution in [2.45, 2.75) is 38.2 Å². The largest absolute Gasteiger partial charge is 0.386 e. The van der Waals surface area contributed by atoms with Crippen LogP contribution in [0.25, 0.3) is 0 Å². The summed E-state index contributed by atoms with van der Waals surface area (Å²) in [6.07, 6.45) is 6.84. The van der Waals surface area contributed by atoms with Crippen LogP contribution in [0.5, 0.6) is 0 Å². The number of allylic oxidation sites excluding steroid dienone is 1. The van der Waals surface area contributed by atoms with Crippen molar-refractivity contribution in [2.75, 3.05) is 0 Å². The highest BCUT2D eigenvalue weighted by atomic mass is 16.3. The standard InChI is InChI=1S/C10H18O/c1-4-7-9-10(11,6-3)8-5-2/h4,6,11H,1,3,5,7-9H2,2H3. The molecular weight excluding hydrogens is 136 g/mol. The monoisotopic (exact) mass is 154 g/mol. The average Bonchev–Trinajstić information content (AvgIpc) is 2.02. The van der Waals surface area contributed by atoms with Gasteiger partial charge >= 0.3 is 0 Å². The Balaban J connectivity index is 3.86. The van der Waals surface area contributed by atoms with Gasteiger partial charge in [-0.05, 0) is 19.3 Å². The van der Waals surface area contributed by atoms with Crippen LogP contribution in [0.2, 0.25) is 0 Å². The van der Waals surface area contributed by atoms with E-state index < -0.39 is 5.60 Å². The molecule has 0 aromatic rings. The van der Waals surface area contributed by atoms with Gasteiger partial charge in [0.15, 0.2) is 0 Å². The van der Waals surface area contributed by atoms with Gasteiger partial charge in [-0.2, -0.15) is 0 Å². The molecule has 0 amide bonds. The van der Waals surface area contributed by atoms with Gasteiger partial charge in [0.05, 0.1) is 5.60 Å². The van der Waals surface area contributed by atoms with Gasteiger partial charge in [-0.15, -0.1) is 13.2 Å². The molecule has 64 valence electrons. The molecular formula is C10H18O. The molecule has 0 radical (unpaired) electrons. The van der Waals surface area contributed by atoms with Gasteiger partial charge in [0, 0.05) is 0 Å². The summed E-state index contributed by atoms with van der Waals surface area (Å²) in [5.41, 5.74) is -0.664. The molecule has 1 atom stereocenters. The second-order valence-corrected chi connectivity index (χ2v) is 2.89. The Morgan fingerprint density at radius 2 is 2.00 bits per heavy atom. The Morgan fingerprint density at radius 3 is 2.36 bits per heavy atom. The zero-order valence-corrected chi connectivity index (χ0v) is 7.34. The number of hydrogen-bond acceptors (Lipinski definition) is 1. The maximum atomic E-state index is 9.79. The lowest BCUT2D eigenvalue weighted by molar-refractivity contribution is 0.0728. The Labute approximate surface area is 69.4 Å². The van der Waals surface area contributed by atoms with E-state index in [0.717, 1.165) is 25.7 Å². The Hall–Kier alpha value is -0.560. The first-order valence-corrected chi connectivity index (χ1v) is 4.15. The van der Waals surface area contributed by atoms with E-state index in [2.05, 4.69) is 20.1 Å². The normalized spacial score (nSPS) is 15.5. The van der Waals surface area contributed by atoms with E-state index in [-0.39, 0.29) is 0 Å². The van der Waals surface area contributed by atoms with Gasteiger partial charge < -0.3 is 5.11 Å². The minimum atomic E-state index is -0.664. The van der Waals surface area contributed by atoms with Gasteiger partial charge in [-0.1, -0.05) is 25.5 Å². The molecule has 1 N–H and O–H groups in total. The fraction of sp³-hybridized carbons (Fsp3) is 0.600. The molecule has 0 spiro atoms. The van der Waals surface area contributed by atoms with Crippen molar-refractivity contribution in [1.82, 2.24) is 0 Å². The molecule has 1 nitrogen and oxygen atoms in total. The maximum Gasteiger partial charge on any atom is 0.0827 e. The summed E-state index contributed by atoms with van der Waals surface area (Å²) in [5.74, 6) is 0. The predicted molar refractivity (Wildman–Crippen MR) is 49.5 cm³/mol. The van der Waals surface area contributed by atoms with Gasteiger partial charge in [0.25, 0.3) is 0 Å². The molecule has 1 heteroatoms. The van der Waals surface area contributed by atoms with E-state index in [4.69, 9.17) is 0 Å². The van der Waals surface area contributed by atoms with Crippen LogP contribution in [-0.2, 0) is 0 Å². The Morgan fingerprint density at radius 1 is 1.36 bits per heavy atom. The first-order chi connectivity index (χ1) is 5.18. The first-order valence-electron chi connectivity index (χ1n) is 4.15. The third kappa shape index (κ3) is 3.99. The summed E-state index contributed by atoms with van der Waals surface area (Å²) < 4.78 is 0. The molecule has 1 unspecified atom stereocenters. The molecule has 0 aliphatic carbocycles. The van der Waals surface area contributed by atoms with Gasteiger partial charge in [-0.3, -0.25) is 0 Å². The quantitative estimate of drug-likeness (QED) is 0.583. The molecule has 0 aromatic heterocycles. The summed E-state index contributed by atoms with van der Waals surface area (Å²) in [6.45, 7) is 9.29. The van der Waals surface area contributed by atoms with E-state index >= 15 is 0 Å². The lowest BCUT2D eigenvalue weighted by atomic mass is 9.93. The van der Waals surface area contributed by atoms with Crippen molar-refractivity contribution >= 4 is 0 Å². The number of aliphatic hydroxyl groups is 1. The molecule has 0 saturated carbocycles. The first kappa shape index (κ1) is 10.4. The second-order valence-electron chi connectivity index (χ2n) is 2.89. The van der Waals surface area contributed by atoms with Gasteiger partial charge in [0.1, 0.15) is 0 Å². The van der Waals surface area contributed by atoms with Crippen LogP contribution in [0.1, 0.15) is 32.6 Å². The van der Waals surface area contributed by atoms with Crippen molar-refractivity contribution in [2.24, 2.45) is 0 Å². The lowest BCUT2D eigenvalue weighted by Gasteiger charge is -2.22. The third-order valence-electron chi connectivity index (χ3n) is 1.84. The molecule has 11 heavy (non-hydrogen) atoms. The van der Waals surface area contributed by atoms with Crippen molar-refractivity contribution in [3.63, 3.8) is 0 Å². The van der Waals surface area contributed by atoms with Crippen LogP contribution < -0.4 is 0 Å². The molecule has 0 aliphatic heterocycles. The van der Waals surface area contributed by atoms with E-state index in [1.54, 1.807) is 6.08 Å². The summed E-state index contributed by atoms with van der Waals surface area (Å²) in [4.78, 5) is 0. The van der Waals surface area contributed by atoms with E-state index in [1.165, 1.54) is 0 Å². The van der Waals surface area contributed by atoms with Crippen molar-refractivity contribution < 1.29 is 5.11 Å². The van der Waals surface area contributed by atoms with Crippen LogP contribution in [0.4, 0.5) is 0 Å². The highest BCUT2D eigenvalue weighted by Crippen LogP contribution is 2.20. The Kier molecular flexibility index (Phi) is 4.88. The summed E-state index contributed by atoms with van der Waals surface area (Å²) in [6, 6.07) is 0. The smallest absolute Gasteiger partial charge is 0.0827 e. The van der Waals surface area contributed by atoms with Crippen LogP contribution >= 0.6 is 0 Å². The topological polar surface area (TPSA) is 20.2 Å². The highest BCUT2D eigenvalue weighted by molar-refractivity contribution is 4.96. The molecule has 0 heterocycles. The van der Waals surface area contributed by atoms with Crippen molar-refractivity contribution in [1.29, 1.82) is 0 Å². The maximum absolute atomic E-state index is 9.79. The van der Waals surface area contributed by atoms with Gasteiger partial charge in [-0.25, -0.2) is 0 Å². The molecule has 0 bridgehead atoms. The average molecular weight is 154 g/mol. The highest BCUT2D eigenvalue weighted by Gasteiger charge is 2.19. The molecule has 0 saturated heterocycles. The summed E-state index contributed by atoms with van der Waals surface area (Å²) in [5, 5.41) is 9.79. The fourth-order valence-corrected chi connectivity index (χ4v) is 1.11. The van der Waals surface area contributed by atoms with Crippen molar-refractivity contribution in [3.8, 4) is 0 Å². The fourth-order valence-electron chi connectivity index (χ4n) is 1.11. The minimum Gasteiger partial charge on any atom is -0.386 e. The minimum absolute atomic E-state index is 0.664. The number of hydrogen-bond donors (Lipinski definition) is 1. The third-order valence-corrected chi connectivity index (χ3v) is 1.84. The zero-order valence-electron chi connectivity index (χ0n) is 7.34. The summed E-state index contributed by atoms with van der Waals surface area (Å²) in [7, 11) is 0. The second kappa shape index (κ2) is 5.14. The van der Waals surface area contributed by atoms with Crippen molar-refractivity contribution in [3.05, 3.63) is 25.3 Å². The van der Waals surface area contributed by atoms with E-state index in [0.29, 0.717) is 0 Å². The van der Waals surface area contributed by atoms with Gasteiger partial charge in [0.2, 0.25) is 0 Å². The van der Waals surface area contributed by atoms with Crippen LogP contribution in [0, 0.1) is 0 Å². The van der Waals surface area contributed by atoms with Crippen LogP contribution in [0.3, 0.4) is 0 Å². The van der Waals surface area contributed by atoms with E-state index in [9.17, 15) is 5.11 Å². The molecule has 0 fully saturated rings. The van der Waals surface area contributed by atoms with Crippen LogP contribution in [0.15, 0.2) is 25.3 Å². The van der Waals surface area contributed by atoms with Crippen LogP contribution in [-0.4, -0.2) is 10.7 Å². The van der Waals surface area contributed by atoms with E-state index in [1.807, 2.05) is 6.08 Å². The molecule has 0 rings (SSSR count). The lowest BCUT2D eigenvalue weighted by Crippen LogP contribution is -2.24. The number of rotatable bonds is 6. The zero-order chi connectivity index (χ0) is 8.74. The summed E-state index contributed by atoms with van der Waals surface area (Å²) >= 11 is 0. The molecule has 0 aromatic carbocycles. The Bertz CT molecular complexity index is 129. The molecule has 0 aliphatic rings.